The molecule has 2 rings (SSSR count). The maximum absolute atomic E-state index is 6.51. The van der Waals surface area contributed by atoms with Crippen LogP contribution < -0.4 is 0 Å². The van der Waals surface area contributed by atoms with Gasteiger partial charge in [-0.05, 0) is 58.8 Å². The fourth-order valence-corrected chi connectivity index (χ4v) is 5.77. The van der Waals surface area contributed by atoms with Crippen molar-refractivity contribution in [3.8, 4) is 0 Å². The molecule has 0 N–H and O–H groups in total. The lowest BCUT2D eigenvalue weighted by Crippen LogP contribution is -2.59. The Balaban J connectivity index is 2.34. The van der Waals surface area contributed by atoms with Crippen LogP contribution in [-0.2, 0) is 4.74 Å². The second kappa shape index (κ2) is 10.3. The van der Waals surface area contributed by atoms with Crippen LogP contribution >= 0.6 is 0 Å². The Morgan fingerprint density at radius 2 is 1.73 bits per heavy atom. The third-order valence-corrected chi connectivity index (χ3v) is 7.21. The first-order valence-corrected chi connectivity index (χ1v) is 11.5. The van der Waals surface area contributed by atoms with E-state index in [1.165, 1.54) is 51.4 Å². The molecular formula is C24H45NO. The van der Waals surface area contributed by atoms with Crippen molar-refractivity contribution in [2.75, 3.05) is 6.61 Å². The van der Waals surface area contributed by atoms with Crippen LogP contribution in [0.3, 0.4) is 0 Å². The number of allylic oxidation sites excluding steroid dienone is 1. The summed E-state index contributed by atoms with van der Waals surface area (Å²) < 4.78 is 6.51. The van der Waals surface area contributed by atoms with E-state index in [0.29, 0.717) is 18.1 Å². The standard InChI is InChI=1S/C24H45NO/c1-7-19(8-2)22-16-17-26-23(20(9-3)10-4)18-24(5,6)25(22)21-14-12-11-13-15-21/h7,20-23H,8-18H2,1-6H3/b19-7-. The van der Waals surface area contributed by atoms with Gasteiger partial charge in [-0.1, -0.05) is 64.5 Å². The van der Waals surface area contributed by atoms with Crippen molar-refractivity contribution in [3.05, 3.63) is 11.6 Å². The van der Waals surface area contributed by atoms with Crippen molar-refractivity contribution in [2.24, 2.45) is 5.92 Å². The van der Waals surface area contributed by atoms with E-state index in [4.69, 9.17) is 4.74 Å². The van der Waals surface area contributed by atoms with Crippen LogP contribution in [0.15, 0.2) is 11.6 Å². The summed E-state index contributed by atoms with van der Waals surface area (Å²) in [6.45, 7) is 15.2. The second-order valence-electron chi connectivity index (χ2n) is 9.22. The lowest BCUT2D eigenvalue weighted by molar-refractivity contribution is -0.0864. The van der Waals surface area contributed by atoms with E-state index in [1.807, 2.05) is 0 Å². The molecule has 2 atom stereocenters. The number of rotatable bonds is 6. The molecular weight excluding hydrogens is 318 g/mol. The molecule has 2 nitrogen and oxygen atoms in total. The first kappa shape index (κ1) is 22.0. The maximum atomic E-state index is 6.51. The van der Waals surface area contributed by atoms with Gasteiger partial charge >= 0.3 is 0 Å². The van der Waals surface area contributed by atoms with E-state index in [-0.39, 0.29) is 5.54 Å². The molecule has 0 amide bonds. The van der Waals surface area contributed by atoms with Crippen molar-refractivity contribution in [1.82, 2.24) is 4.90 Å². The number of nitrogens with zero attached hydrogens (tertiary/aromatic N) is 1. The minimum absolute atomic E-state index is 0.198. The van der Waals surface area contributed by atoms with Gasteiger partial charge in [-0.25, -0.2) is 0 Å². The maximum Gasteiger partial charge on any atom is 0.0620 e. The molecule has 1 heterocycles. The second-order valence-corrected chi connectivity index (χ2v) is 9.22. The zero-order valence-corrected chi connectivity index (χ0v) is 18.5. The SMILES string of the molecule is C/C=C(/CC)C1CCOC(C(CC)CC)CC(C)(C)N1C1CCCCC1. The zero-order valence-electron chi connectivity index (χ0n) is 18.5. The molecule has 0 spiro atoms. The number of ether oxygens (including phenoxy) is 1. The molecule has 1 saturated heterocycles. The van der Waals surface area contributed by atoms with Crippen LogP contribution in [0.2, 0.25) is 0 Å². The Labute approximate surface area is 163 Å². The normalized spacial score (nSPS) is 29.6. The average Bonchev–Trinajstić information content (AvgIpc) is 2.62. The molecule has 2 unspecified atom stereocenters. The van der Waals surface area contributed by atoms with Gasteiger partial charge in [0.05, 0.1) is 6.10 Å². The summed E-state index contributed by atoms with van der Waals surface area (Å²) in [6, 6.07) is 1.32. The first-order valence-electron chi connectivity index (χ1n) is 11.5. The van der Waals surface area contributed by atoms with E-state index in [0.717, 1.165) is 25.5 Å². The van der Waals surface area contributed by atoms with Gasteiger partial charge in [0.2, 0.25) is 0 Å². The van der Waals surface area contributed by atoms with Gasteiger partial charge in [0.25, 0.3) is 0 Å². The van der Waals surface area contributed by atoms with E-state index >= 15 is 0 Å². The average molecular weight is 364 g/mol. The summed E-state index contributed by atoms with van der Waals surface area (Å²) in [5.74, 6) is 0.700. The van der Waals surface area contributed by atoms with Crippen LogP contribution in [0.5, 0.6) is 0 Å². The smallest absolute Gasteiger partial charge is 0.0620 e. The summed E-state index contributed by atoms with van der Waals surface area (Å²) >= 11 is 0. The summed E-state index contributed by atoms with van der Waals surface area (Å²) in [7, 11) is 0. The van der Waals surface area contributed by atoms with Gasteiger partial charge < -0.3 is 4.74 Å². The molecule has 1 aliphatic carbocycles. The fraction of sp³-hybridized carbons (Fsp3) is 0.917. The highest BCUT2D eigenvalue weighted by Crippen LogP contribution is 2.39. The highest BCUT2D eigenvalue weighted by molar-refractivity contribution is 5.14. The van der Waals surface area contributed by atoms with Crippen LogP contribution in [0.25, 0.3) is 0 Å². The lowest BCUT2D eigenvalue weighted by Gasteiger charge is -2.53. The summed E-state index contributed by atoms with van der Waals surface area (Å²) in [4.78, 5) is 2.96. The van der Waals surface area contributed by atoms with Gasteiger partial charge in [0, 0.05) is 24.2 Å². The number of hydrogen-bond donors (Lipinski definition) is 0. The Kier molecular flexibility index (Phi) is 8.67. The molecule has 0 bridgehead atoms. The fourth-order valence-electron chi connectivity index (χ4n) is 5.77. The predicted molar refractivity (Wildman–Crippen MR) is 114 cm³/mol. The van der Waals surface area contributed by atoms with E-state index in [2.05, 4.69) is 52.5 Å². The highest BCUT2D eigenvalue weighted by Gasteiger charge is 2.42. The summed E-state index contributed by atoms with van der Waals surface area (Å²) in [5.41, 5.74) is 1.82. The van der Waals surface area contributed by atoms with Gasteiger partial charge in [-0.15, -0.1) is 0 Å². The molecule has 2 fully saturated rings. The van der Waals surface area contributed by atoms with Gasteiger partial charge in [-0.3, -0.25) is 4.90 Å². The zero-order chi connectivity index (χ0) is 19.2. The van der Waals surface area contributed by atoms with Crippen LogP contribution in [0.1, 0.15) is 106 Å². The van der Waals surface area contributed by atoms with E-state index < -0.39 is 0 Å². The van der Waals surface area contributed by atoms with Crippen LogP contribution in [0, 0.1) is 5.92 Å². The van der Waals surface area contributed by atoms with Crippen molar-refractivity contribution in [1.29, 1.82) is 0 Å². The Bertz CT molecular complexity index is 431. The molecule has 26 heavy (non-hydrogen) atoms. The third kappa shape index (κ3) is 5.13. The van der Waals surface area contributed by atoms with Crippen molar-refractivity contribution < 1.29 is 4.74 Å². The van der Waals surface area contributed by atoms with Gasteiger partial charge in [0.1, 0.15) is 0 Å². The Hall–Kier alpha value is -0.340. The molecule has 0 aromatic heterocycles. The van der Waals surface area contributed by atoms with E-state index in [9.17, 15) is 0 Å². The highest BCUT2D eigenvalue weighted by atomic mass is 16.5. The van der Waals surface area contributed by atoms with Gasteiger partial charge in [0.15, 0.2) is 0 Å². The number of hydrogen-bond acceptors (Lipinski definition) is 2. The van der Waals surface area contributed by atoms with Crippen LogP contribution in [0.4, 0.5) is 0 Å². The molecule has 0 radical (unpaired) electrons. The lowest BCUT2D eigenvalue weighted by atomic mass is 9.80. The van der Waals surface area contributed by atoms with Crippen molar-refractivity contribution in [2.45, 2.75) is 129 Å². The molecule has 0 aromatic rings. The van der Waals surface area contributed by atoms with E-state index in [1.54, 1.807) is 5.57 Å². The molecule has 152 valence electrons. The molecule has 0 aromatic carbocycles. The third-order valence-electron chi connectivity index (χ3n) is 7.21. The van der Waals surface area contributed by atoms with Gasteiger partial charge in [-0.2, -0.15) is 0 Å². The Morgan fingerprint density at radius 1 is 1.08 bits per heavy atom. The Morgan fingerprint density at radius 3 is 2.27 bits per heavy atom. The largest absolute Gasteiger partial charge is 0.378 e. The first-order chi connectivity index (χ1) is 12.5. The van der Waals surface area contributed by atoms with Crippen LogP contribution in [-0.4, -0.2) is 35.2 Å². The van der Waals surface area contributed by atoms with Crippen molar-refractivity contribution >= 4 is 0 Å². The topological polar surface area (TPSA) is 12.5 Å². The molecule has 1 aliphatic heterocycles. The summed E-state index contributed by atoms with van der Waals surface area (Å²) in [5, 5.41) is 0. The minimum atomic E-state index is 0.198. The minimum Gasteiger partial charge on any atom is -0.378 e. The monoisotopic (exact) mass is 363 g/mol. The van der Waals surface area contributed by atoms with Crippen molar-refractivity contribution in [3.63, 3.8) is 0 Å². The molecule has 2 aliphatic rings. The predicted octanol–water partition coefficient (Wildman–Crippen LogP) is 6.74. The summed E-state index contributed by atoms with van der Waals surface area (Å²) in [6.07, 6.45) is 15.8. The molecule has 1 saturated carbocycles. The molecule has 2 heteroatoms. The quantitative estimate of drug-likeness (QED) is 0.484.